The van der Waals surface area contributed by atoms with Gasteiger partial charge in [0.1, 0.15) is 12.6 Å². The lowest BCUT2D eigenvalue weighted by atomic mass is 10.3. The minimum atomic E-state index is -0.290. The molecule has 0 amide bonds. The van der Waals surface area contributed by atoms with Gasteiger partial charge in [-0.25, -0.2) is 14.6 Å². The molecule has 2 rings (SSSR count). The molecule has 2 heterocycles. The number of aromatic nitrogens is 4. The first-order chi connectivity index (χ1) is 6.68. The summed E-state index contributed by atoms with van der Waals surface area (Å²) in [5.74, 6) is 0.413. The van der Waals surface area contributed by atoms with Crippen LogP contribution in [0.3, 0.4) is 0 Å². The predicted molar refractivity (Wildman–Crippen MR) is 45.7 cm³/mol. The second-order valence-corrected chi connectivity index (χ2v) is 2.79. The highest BCUT2D eigenvalue weighted by Gasteiger charge is 2.17. The van der Waals surface area contributed by atoms with Gasteiger partial charge in [0.15, 0.2) is 11.6 Å². The highest BCUT2D eigenvalue weighted by Crippen LogP contribution is 2.05. The molecule has 0 aliphatic rings. The number of carbonyl (C=O) groups excluding carboxylic acids is 1. The zero-order chi connectivity index (χ0) is 10.1. The summed E-state index contributed by atoms with van der Waals surface area (Å²) in [5, 5.41) is 3.80. The Morgan fingerprint density at radius 3 is 2.86 bits per heavy atom. The van der Waals surface area contributed by atoms with Crippen molar-refractivity contribution in [2.75, 3.05) is 0 Å². The van der Waals surface area contributed by atoms with E-state index in [1.165, 1.54) is 17.3 Å². The van der Waals surface area contributed by atoms with Crippen molar-refractivity contribution in [1.29, 1.82) is 0 Å². The van der Waals surface area contributed by atoms with Crippen molar-refractivity contribution in [3.8, 4) is 0 Å². The highest BCUT2D eigenvalue weighted by molar-refractivity contribution is 6.04. The molecule has 0 bridgehead atoms. The van der Waals surface area contributed by atoms with Crippen molar-refractivity contribution >= 4 is 5.78 Å². The van der Waals surface area contributed by atoms with Crippen molar-refractivity contribution in [3.63, 3.8) is 0 Å². The summed E-state index contributed by atoms with van der Waals surface area (Å²) in [5.41, 5.74) is 0.249. The third-order valence-corrected chi connectivity index (χ3v) is 1.77. The monoisotopic (exact) mass is 192 g/mol. The third kappa shape index (κ3) is 1.30. The summed E-state index contributed by atoms with van der Waals surface area (Å²) < 4.78 is 6.33. The van der Waals surface area contributed by atoms with Crippen molar-refractivity contribution in [1.82, 2.24) is 19.7 Å². The average molecular weight is 192 g/mol. The Morgan fingerprint density at radius 1 is 1.57 bits per heavy atom. The zero-order valence-corrected chi connectivity index (χ0v) is 7.76. The Morgan fingerprint density at radius 2 is 2.36 bits per heavy atom. The maximum atomic E-state index is 11.7. The smallest absolute Gasteiger partial charge is 0.251 e. The van der Waals surface area contributed by atoms with Gasteiger partial charge in [0.25, 0.3) is 5.78 Å². The zero-order valence-electron chi connectivity index (χ0n) is 7.76. The molecule has 14 heavy (non-hydrogen) atoms. The van der Waals surface area contributed by atoms with Crippen LogP contribution in [0.5, 0.6) is 0 Å². The lowest BCUT2D eigenvalue weighted by molar-refractivity contribution is 0.102. The molecule has 0 aliphatic carbocycles. The number of carbonyl (C=O) groups is 1. The van der Waals surface area contributed by atoms with Crippen molar-refractivity contribution in [2.24, 2.45) is 7.05 Å². The second kappa shape index (κ2) is 3.06. The Hall–Kier alpha value is -1.98. The van der Waals surface area contributed by atoms with E-state index in [1.807, 2.05) is 0 Å². The van der Waals surface area contributed by atoms with E-state index in [9.17, 15) is 4.79 Å². The molecule has 0 saturated heterocycles. The molecule has 6 heteroatoms. The van der Waals surface area contributed by atoms with Gasteiger partial charge in [-0.15, -0.1) is 0 Å². The van der Waals surface area contributed by atoms with Gasteiger partial charge in [0.05, 0.1) is 0 Å². The number of aryl methyl sites for hydroxylation is 2. The lowest BCUT2D eigenvalue weighted by Crippen LogP contribution is -2.10. The van der Waals surface area contributed by atoms with Crippen LogP contribution in [0.1, 0.15) is 22.2 Å². The van der Waals surface area contributed by atoms with Gasteiger partial charge in [0, 0.05) is 14.0 Å². The fourth-order valence-electron chi connectivity index (χ4n) is 1.08. The van der Waals surface area contributed by atoms with E-state index >= 15 is 0 Å². The Labute approximate surface area is 79.6 Å². The van der Waals surface area contributed by atoms with E-state index in [4.69, 9.17) is 4.42 Å². The molecule has 0 aromatic carbocycles. The fraction of sp³-hybridized carbons (Fsp3) is 0.250. The van der Waals surface area contributed by atoms with Crippen LogP contribution < -0.4 is 0 Å². The van der Waals surface area contributed by atoms with Crippen LogP contribution in [-0.2, 0) is 7.05 Å². The quantitative estimate of drug-likeness (QED) is 0.641. The van der Waals surface area contributed by atoms with Gasteiger partial charge in [0.2, 0.25) is 5.82 Å². The molecule has 0 aliphatic heterocycles. The van der Waals surface area contributed by atoms with Gasteiger partial charge >= 0.3 is 0 Å². The molecule has 72 valence electrons. The summed E-state index contributed by atoms with van der Waals surface area (Å²) in [6.07, 6.45) is 2.63. The molecule has 0 N–H and O–H groups in total. The number of rotatable bonds is 2. The first-order valence-electron chi connectivity index (χ1n) is 3.99. The topological polar surface area (TPSA) is 73.8 Å². The average Bonchev–Trinajstić information content (AvgIpc) is 2.73. The number of nitrogens with zero attached hydrogens (tertiary/aromatic N) is 4. The molecule has 2 aromatic rings. The molecule has 0 unspecified atom stereocenters. The van der Waals surface area contributed by atoms with Crippen LogP contribution in [-0.4, -0.2) is 25.5 Å². The van der Waals surface area contributed by atoms with E-state index in [0.29, 0.717) is 5.89 Å². The minimum absolute atomic E-state index is 0.248. The Kier molecular flexibility index (Phi) is 1.88. The van der Waals surface area contributed by atoms with Gasteiger partial charge in [-0.1, -0.05) is 0 Å². The number of oxazole rings is 1. The van der Waals surface area contributed by atoms with Crippen LogP contribution in [0.25, 0.3) is 0 Å². The van der Waals surface area contributed by atoms with Crippen molar-refractivity contribution < 1.29 is 9.21 Å². The van der Waals surface area contributed by atoms with Gasteiger partial charge in [-0.2, -0.15) is 5.10 Å². The number of hydrogen-bond donors (Lipinski definition) is 0. The van der Waals surface area contributed by atoms with E-state index in [0.717, 1.165) is 0 Å². The highest BCUT2D eigenvalue weighted by atomic mass is 16.3. The molecular weight excluding hydrogens is 184 g/mol. The third-order valence-electron chi connectivity index (χ3n) is 1.77. The van der Waals surface area contributed by atoms with Gasteiger partial charge in [-0.3, -0.25) is 4.79 Å². The summed E-state index contributed by atoms with van der Waals surface area (Å²) in [6.45, 7) is 1.67. The molecule has 0 radical (unpaired) electrons. The van der Waals surface area contributed by atoms with Crippen molar-refractivity contribution in [3.05, 3.63) is 30.0 Å². The summed E-state index contributed by atoms with van der Waals surface area (Å²) in [7, 11) is 1.65. The summed E-state index contributed by atoms with van der Waals surface area (Å²) in [6, 6.07) is 0. The maximum absolute atomic E-state index is 11.7. The largest absolute Gasteiger partial charge is 0.449 e. The Balaban J connectivity index is 2.38. The fourth-order valence-corrected chi connectivity index (χ4v) is 1.08. The van der Waals surface area contributed by atoms with Crippen LogP contribution in [0.2, 0.25) is 0 Å². The first-order valence-corrected chi connectivity index (χ1v) is 3.99. The molecule has 0 fully saturated rings. The van der Waals surface area contributed by atoms with E-state index in [1.54, 1.807) is 14.0 Å². The maximum Gasteiger partial charge on any atom is 0.251 e. The molecule has 0 saturated carbocycles. The van der Waals surface area contributed by atoms with Crippen molar-refractivity contribution in [2.45, 2.75) is 6.92 Å². The molecule has 0 atom stereocenters. The molecule has 0 spiro atoms. The van der Waals surface area contributed by atoms with Crippen LogP contribution in [0, 0.1) is 6.92 Å². The summed E-state index contributed by atoms with van der Waals surface area (Å²) >= 11 is 0. The normalized spacial score (nSPS) is 10.4. The van der Waals surface area contributed by atoms with Gasteiger partial charge in [-0.05, 0) is 0 Å². The first kappa shape index (κ1) is 8.61. The standard InChI is InChI=1S/C8H8N4O2/c1-5-11-6(3-14-5)7(13)8-9-4-10-12(8)2/h3-4H,1-2H3. The molecule has 6 nitrogen and oxygen atoms in total. The van der Waals surface area contributed by atoms with Crippen LogP contribution in [0.4, 0.5) is 0 Å². The predicted octanol–water partition coefficient (Wildman–Crippen LogP) is 0.343. The second-order valence-electron chi connectivity index (χ2n) is 2.79. The Bertz CT molecular complexity index is 471. The van der Waals surface area contributed by atoms with E-state index in [-0.39, 0.29) is 17.3 Å². The summed E-state index contributed by atoms with van der Waals surface area (Å²) in [4.78, 5) is 19.4. The van der Waals surface area contributed by atoms with Crippen LogP contribution >= 0.6 is 0 Å². The number of ketones is 1. The van der Waals surface area contributed by atoms with E-state index < -0.39 is 0 Å². The van der Waals surface area contributed by atoms with Gasteiger partial charge < -0.3 is 4.42 Å². The van der Waals surface area contributed by atoms with Crippen LogP contribution in [0.15, 0.2) is 17.0 Å². The number of hydrogen-bond acceptors (Lipinski definition) is 5. The molecule has 2 aromatic heterocycles. The molecular formula is C8H8N4O2. The minimum Gasteiger partial charge on any atom is -0.449 e. The van der Waals surface area contributed by atoms with E-state index in [2.05, 4.69) is 15.1 Å². The lowest BCUT2D eigenvalue weighted by Gasteiger charge is -1.93. The SMILES string of the molecule is Cc1nc(C(=O)c2ncnn2C)co1.